The Morgan fingerprint density at radius 3 is 1.88 bits per heavy atom. The van der Waals surface area contributed by atoms with Crippen molar-refractivity contribution < 1.29 is 23.8 Å². The zero-order valence-electron chi connectivity index (χ0n) is 16.3. The van der Waals surface area contributed by atoms with Gasteiger partial charge in [0.1, 0.15) is 0 Å². The molecule has 0 atom stereocenters. The lowest BCUT2D eigenvalue weighted by atomic mass is 9.93. The molecule has 1 rings (SSSR count). The van der Waals surface area contributed by atoms with E-state index in [2.05, 4.69) is 6.92 Å². The topological polar surface area (TPSA) is 61.8 Å². The van der Waals surface area contributed by atoms with Gasteiger partial charge in [-0.05, 0) is 20.3 Å². The van der Waals surface area contributed by atoms with Gasteiger partial charge < -0.3 is 14.2 Å². The monoisotopic (exact) mass is 364 g/mol. The number of benzene rings is 1. The van der Waals surface area contributed by atoms with Gasteiger partial charge in [0, 0.05) is 12.2 Å². The Morgan fingerprint density at radius 1 is 0.808 bits per heavy atom. The molecule has 0 saturated carbocycles. The molecule has 0 fully saturated rings. The molecule has 1 aromatic carbocycles. The fraction of sp³-hybridized carbons (Fsp3) is 0.619. The van der Waals surface area contributed by atoms with Gasteiger partial charge in [-0.3, -0.25) is 0 Å². The van der Waals surface area contributed by atoms with Crippen LogP contribution in [0.25, 0.3) is 0 Å². The smallest absolute Gasteiger partial charge is 0.355 e. The van der Waals surface area contributed by atoms with E-state index in [1.165, 1.54) is 19.3 Å². The first-order valence-corrected chi connectivity index (χ1v) is 9.67. The lowest BCUT2D eigenvalue weighted by Crippen LogP contribution is -2.48. The molecule has 0 aliphatic rings. The second kappa shape index (κ2) is 12.5. The molecule has 0 saturated heterocycles. The molecular weight excluding hydrogens is 332 g/mol. The van der Waals surface area contributed by atoms with Gasteiger partial charge >= 0.3 is 11.9 Å². The number of rotatable bonds is 13. The molecule has 0 heterocycles. The zero-order valence-corrected chi connectivity index (χ0v) is 16.3. The molecule has 26 heavy (non-hydrogen) atoms. The highest BCUT2D eigenvalue weighted by Crippen LogP contribution is 2.30. The molecule has 0 aliphatic heterocycles. The quantitative estimate of drug-likeness (QED) is 0.295. The number of carbonyl (C=O) groups is 2. The molecule has 0 aliphatic carbocycles. The summed E-state index contributed by atoms with van der Waals surface area (Å²) in [4.78, 5) is 25.5. The van der Waals surface area contributed by atoms with E-state index in [-0.39, 0.29) is 13.2 Å². The second-order valence-electron chi connectivity index (χ2n) is 6.10. The van der Waals surface area contributed by atoms with Crippen molar-refractivity contribution in [2.24, 2.45) is 0 Å². The first kappa shape index (κ1) is 22.2. The number of unbranched alkanes of at least 4 members (excludes halogenated alkanes) is 5. The maximum atomic E-state index is 12.7. The van der Waals surface area contributed by atoms with Gasteiger partial charge in [0.15, 0.2) is 0 Å². The summed E-state index contributed by atoms with van der Waals surface area (Å²) >= 11 is 0. The zero-order chi connectivity index (χ0) is 19.3. The summed E-state index contributed by atoms with van der Waals surface area (Å²) in [7, 11) is 0. The van der Waals surface area contributed by atoms with Crippen molar-refractivity contribution in [3.63, 3.8) is 0 Å². The third-order valence-corrected chi connectivity index (χ3v) is 4.12. The molecule has 0 unspecified atom stereocenters. The molecule has 5 heteroatoms. The summed E-state index contributed by atoms with van der Waals surface area (Å²) in [5.41, 5.74) is -1.43. The Morgan fingerprint density at radius 2 is 1.35 bits per heavy atom. The Balaban J connectivity index is 2.94. The van der Waals surface area contributed by atoms with E-state index in [0.717, 1.165) is 19.3 Å². The van der Waals surface area contributed by atoms with Crippen LogP contribution in [0.3, 0.4) is 0 Å². The summed E-state index contributed by atoms with van der Waals surface area (Å²) in [5.74, 6) is -1.45. The lowest BCUT2D eigenvalue weighted by Gasteiger charge is -2.29. The average molecular weight is 364 g/mol. The summed E-state index contributed by atoms with van der Waals surface area (Å²) in [5, 5.41) is 0. The van der Waals surface area contributed by atoms with Gasteiger partial charge in [0.25, 0.3) is 5.60 Å². The fourth-order valence-electron chi connectivity index (χ4n) is 2.77. The Labute approximate surface area is 157 Å². The largest absolute Gasteiger partial charge is 0.463 e. The number of hydrogen-bond donors (Lipinski definition) is 0. The summed E-state index contributed by atoms with van der Waals surface area (Å²) < 4.78 is 16.3. The van der Waals surface area contributed by atoms with Crippen LogP contribution in [-0.4, -0.2) is 31.8 Å². The van der Waals surface area contributed by atoms with Crippen LogP contribution in [0.5, 0.6) is 0 Å². The maximum Gasteiger partial charge on any atom is 0.355 e. The van der Waals surface area contributed by atoms with Crippen LogP contribution in [0.15, 0.2) is 30.3 Å². The molecule has 5 nitrogen and oxygen atoms in total. The van der Waals surface area contributed by atoms with E-state index in [4.69, 9.17) is 14.2 Å². The average Bonchev–Trinajstić information content (AvgIpc) is 2.65. The third-order valence-electron chi connectivity index (χ3n) is 4.12. The number of hydrogen-bond acceptors (Lipinski definition) is 5. The van der Waals surface area contributed by atoms with Crippen molar-refractivity contribution in [1.82, 2.24) is 0 Å². The van der Waals surface area contributed by atoms with Gasteiger partial charge in [0.2, 0.25) is 0 Å². The van der Waals surface area contributed by atoms with Gasteiger partial charge in [-0.2, -0.15) is 0 Å². The van der Waals surface area contributed by atoms with E-state index in [1.54, 1.807) is 38.1 Å². The van der Waals surface area contributed by atoms with Gasteiger partial charge in [0.05, 0.1) is 13.2 Å². The van der Waals surface area contributed by atoms with Crippen LogP contribution in [0.1, 0.15) is 64.9 Å². The second-order valence-corrected chi connectivity index (χ2v) is 6.10. The van der Waals surface area contributed by atoms with E-state index in [1.807, 2.05) is 6.07 Å². The van der Waals surface area contributed by atoms with Crippen molar-refractivity contribution >= 4 is 11.9 Å². The molecule has 0 aromatic heterocycles. The van der Waals surface area contributed by atoms with Crippen molar-refractivity contribution in [1.29, 1.82) is 0 Å². The molecule has 0 amide bonds. The summed E-state index contributed by atoms with van der Waals surface area (Å²) in [6, 6.07) is 8.72. The maximum absolute atomic E-state index is 12.7. The van der Waals surface area contributed by atoms with Crippen molar-refractivity contribution in [3.05, 3.63) is 35.9 Å². The molecule has 0 bridgehead atoms. The molecule has 0 radical (unpaired) electrons. The van der Waals surface area contributed by atoms with Crippen molar-refractivity contribution in [2.75, 3.05) is 19.8 Å². The standard InChI is InChI=1S/C21H32O5/c1-4-7-8-9-10-14-17-26-21(19(22)24-5-2,20(23)25-6-3)18-15-12-11-13-16-18/h11-13,15-16H,4-10,14,17H2,1-3H3. The molecule has 1 aromatic rings. The van der Waals surface area contributed by atoms with Crippen molar-refractivity contribution in [2.45, 2.75) is 64.9 Å². The predicted octanol–water partition coefficient (Wildman–Crippen LogP) is 4.39. The predicted molar refractivity (Wildman–Crippen MR) is 101 cm³/mol. The first-order chi connectivity index (χ1) is 12.6. The summed E-state index contributed by atoms with van der Waals surface area (Å²) in [6.45, 7) is 6.19. The number of esters is 2. The molecule has 0 spiro atoms. The van der Waals surface area contributed by atoms with Crippen LogP contribution < -0.4 is 0 Å². The minimum atomic E-state index is -1.86. The first-order valence-electron chi connectivity index (χ1n) is 9.67. The van der Waals surface area contributed by atoms with Crippen LogP contribution in [0, 0.1) is 0 Å². The van der Waals surface area contributed by atoms with Crippen LogP contribution in [0.4, 0.5) is 0 Å². The normalized spacial score (nSPS) is 11.2. The Bertz CT molecular complexity index is 508. The highest BCUT2D eigenvalue weighted by molar-refractivity contribution is 6.04. The highest BCUT2D eigenvalue weighted by Gasteiger charge is 2.52. The molecular formula is C21H32O5. The van der Waals surface area contributed by atoms with E-state index >= 15 is 0 Å². The fourth-order valence-corrected chi connectivity index (χ4v) is 2.77. The van der Waals surface area contributed by atoms with Crippen molar-refractivity contribution in [3.8, 4) is 0 Å². The summed E-state index contributed by atoms with van der Waals surface area (Å²) in [6.07, 6.45) is 6.50. The highest BCUT2D eigenvalue weighted by atomic mass is 16.6. The van der Waals surface area contributed by atoms with Crippen LogP contribution >= 0.6 is 0 Å². The number of carbonyl (C=O) groups excluding carboxylic acids is 2. The van der Waals surface area contributed by atoms with E-state index in [0.29, 0.717) is 12.2 Å². The van der Waals surface area contributed by atoms with Gasteiger partial charge in [-0.25, -0.2) is 9.59 Å². The lowest BCUT2D eigenvalue weighted by molar-refractivity contribution is -0.193. The number of ether oxygens (including phenoxy) is 3. The van der Waals surface area contributed by atoms with Gasteiger partial charge in [-0.1, -0.05) is 69.4 Å². The van der Waals surface area contributed by atoms with Crippen LogP contribution in [0.2, 0.25) is 0 Å². The minimum Gasteiger partial charge on any atom is -0.463 e. The third kappa shape index (κ3) is 6.13. The molecule has 0 N–H and O–H groups in total. The Hall–Kier alpha value is -1.88. The van der Waals surface area contributed by atoms with Gasteiger partial charge in [-0.15, -0.1) is 0 Å². The molecule has 146 valence electrons. The van der Waals surface area contributed by atoms with Crippen LogP contribution in [-0.2, 0) is 29.4 Å². The van der Waals surface area contributed by atoms with E-state index < -0.39 is 17.5 Å². The Kier molecular flexibility index (Phi) is 10.6. The SMILES string of the molecule is CCCCCCCCOC(C(=O)OCC)(C(=O)OCC)c1ccccc1. The minimum absolute atomic E-state index is 0.160. The van der Waals surface area contributed by atoms with E-state index in [9.17, 15) is 9.59 Å².